The lowest BCUT2D eigenvalue weighted by Crippen LogP contribution is -2.71. The first kappa shape index (κ1) is 15.3. The van der Waals surface area contributed by atoms with Gasteiger partial charge in [0.25, 0.3) is 0 Å². The number of carbonyl (C=O) groups excluding carboxylic acids is 2. The molecule has 4 unspecified atom stereocenters. The Hall–Kier alpha value is -1.06. The van der Waals surface area contributed by atoms with E-state index in [0.29, 0.717) is 24.7 Å². The van der Waals surface area contributed by atoms with Gasteiger partial charge in [-0.25, -0.2) is 0 Å². The van der Waals surface area contributed by atoms with Gasteiger partial charge >= 0.3 is 0 Å². The van der Waals surface area contributed by atoms with Crippen LogP contribution in [-0.4, -0.2) is 34.3 Å². The summed E-state index contributed by atoms with van der Waals surface area (Å²) in [6.07, 6.45) is 3.49. The second kappa shape index (κ2) is 5.38. The second-order valence-electron chi connectivity index (χ2n) is 6.65. The summed E-state index contributed by atoms with van der Waals surface area (Å²) in [5.74, 6) is 1.22. The van der Waals surface area contributed by atoms with Crippen molar-refractivity contribution in [3.05, 3.63) is 0 Å². The van der Waals surface area contributed by atoms with Crippen LogP contribution < -0.4 is 5.32 Å². The van der Waals surface area contributed by atoms with Gasteiger partial charge in [-0.05, 0) is 44.4 Å². The highest BCUT2D eigenvalue weighted by Gasteiger charge is 2.51. The fraction of sp³-hybridized carbons (Fsp3) is 0.875. The van der Waals surface area contributed by atoms with Crippen LogP contribution in [-0.2, 0) is 9.59 Å². The number of amides is 2. The van der Waals surface area contributed by atoms with Crippen molar-refractivity contribution in [1.82, 2.24) is 10.2 Å². The van der Waals surface area contributed by atoms with E-state index in [1.54, 1.807) is 0 Å². The van der Waals surface area contributed by atoms with E-state index in [1.807, 2.05) is 25.7 Å². The van der Waals surface area contributed by atoms with Crippen LogP contribution in [0.5, 0.6) is 0 Å². The Morgan fingerprint density at radius 2 is 1.75 bits per heavy atom. The summed E-state index contributed by atoms with van der Waals surface area (Å²) >= 11 is 0. The summed E-state index contributed by atoms with van der Waals surface area (Å²) in [5, 5.41) is 2.98. The van der Waals surface area contributed by atoms with Gasteiger partial charge < -0.3 is 10.2 Å². The van der Waals surface area contributed by atoms with Gasteiger partial charge in [0.15, 0.2) is 0 Å². The van der Waals surface area contributed by atoms with E-state index in [-0.39, 0.29) is 23.9 Å². The first-order valence-electron chi connectivity index (χ1n) is 8.02. The lowest BCUT2D eigenvalue weighted by atomic mass is 9.85. The molecule has 0 aromatic rings. The van der Waals surface area contributed by atoms with E-state index in [2.05, 4.69) is 19.2 Å². The van der Waals surface area contributed by atoms with Gasteiger partial charge in [0, 0.05) is 6.04 Å². The predicted octanol–water partition coefficient (Wildman–Crippen LogP) is 2.33. The van der Waals surface area contributed by atoms with Crippen molar-refractivity contribution in [2.75, 3.05) is 0 Å². The SMILES string of the molecule is CCC1(CC)NC(=O)C(C)N(C2CCC(C)C2C)C1=O. The first-order chi connectivity index (χ1) is 9.38. The Bertz CT molecular complexity index is 403. The van der Waals surface area contributed by atoms with Crippen molar-refractivity contribution in [3.63, 3.8) is 0 Å². The molecule has 1 aliphatic carbocycles. The minimum atomic E-state index is -0.685. The van der Waals surface area contributed by atoms with Crippen LogP contribution in [0.1, 0.15) is 60.3 Å². The molecule has 2 rings (SSSR count). The molecule has 4 atom stereocenters. The molecular weight excluding hydrogens is 252 g/mol. The quantitative estimate of drug-likeness (QED) is 0.862. The largest absolute Gasteiger partial charge is 0.340 e. The van der Waals surface area contributed by atoms with Crippen molar-refractivity contribution in [3.8, 4) is 0 Å². The van der Waals surface area contributed by atoms with Gasteiger partial charge in [-0.1, -0.05) is 27.7 Å². The fourth-order valence-corrected chi connectivity index (χ4v) is 3.84. The molecule has 0 aromatic heterocycles. The molecule has 1 saturated carbocycles. The maximum Gasteiger partial charge on any atom is 0.249 e. The number of hydrogen-bond donors (Lipinski definition) is 1. The average Bonchev–Trinajstić information content (AvgIpc) is 2.76. The Labute approximate surface area is 122 Å². The second-order valence-corrected chi connectivity index (χ2v) is 6.65. The third-order valence-electron chi connectivity index (χ3n) is 5.79. The fourth-order valence-electron chi connectivity index (χ4n) is 3.84. The molecule has 114 valence electrons. The van der Waals surface area contributed by atoms with Gasteiger partial charge in [-0.15, -0.1) is 0 Å². The monoisotopic (exact) mass is 280 g/mol. The van der Waals surface area contributed by atoms with Gasteiger partial charge in [0.2, 0.25) is 11.8 Å². The van der Waals surface area contributed by atoms with E-state index in [1.165, 1.54) is 0 Å². The molecule has 1 saturated heterocycles. The smallest absolute Gasteiger partial charge is 0.249 e. The molecule has 0 bridgehead atoms. The normalized spacial score (nSPS) is 37.1. The van der Waals surface area contributed by atoms with Crippen LogP contribution in [0.3, 0.4) is 0 Å². The number of nitrogens with one attached hydrogen (secondary N) is 1. The highest BCUT2D eigenvalue weighted by Crippen LogP contribution is 2.38. The number of carbonyl (C=O) groups is 2. The highest BCUT2D eigenvalue weighted by atomic mass is 16.2. The highest BCUT2D eigenvalue weighted by molar-refractivity contribution is 5.99. The summed E-state index contributed by atoms with van der Waals surface area (Å²) in [7, 11) is 0. The summed E-state index contributed by atoms with van der Waals surface area (Å²) in [4.78, 5) is 27.2. The topological polar surface area (TPSA) is 49.4 Å². The Morgan fingerprint density at radius 3 is 2.20 bits per heavy atom. The molecule has 2 fully saturated rings. The Kier molecular flexibility index (Phi) is 4.12. The molecule has 1 aliphatic heterocycles. The zero-order valence-corrected chi connectivity index (χ0v) is 13.4. The zero-order valence-electron chi connectivity index (χ0n) is 13.4. The zero-order chi connectivity index (χ0) is 15.1. The lowest BCUT2D eigenvalue weighted by molar-refractivity contribution is -0.158. The third kappa shape index (κ3) is 2.13. The maximum absolute atomic E-state index is 13.0. The average molecular weight is 280 g/mol. The number of piperazine rings is 1. The standard InChI is InChI=1S/C16H28N2O2/c1-6-16(7-2)15(20)18(12(5)14(19)17-16)13-9-8-10(3)11(13)4/h10-13H,6-9H2,1-5H3,(H,17,19). The van der Waals surface area contributed by atoms with Crippen LogP contribution >= 0.6 is 0 Å². The van der Waals surface area contributed by atoms with Crippen LogP contribution in [0.15, 0.2) is 0 Å². The third-order valence-corrected chi connectivity index (χ3v) is 5.79. The molecule has 0 aromatic carbocycles. The van der Waals surface area contributed by atoms with Crippen molar-refractivity contribution >= 4 is 11.8 Å². The summed E-state index contributed by atoms with van der Waals surface area (Å²) < 4.78 is 0. The molecule has 0 radical (unpaired) electrons. The van der Waals surface area contributed by atoms with E-state index in [9.17, 15) is 9.59 Å². The summed E-state index contributed by atoms with van der Waals surface area (Å²) in [6, 6.07) is -0.123. The minimum absolute atomic E-state index is 0.0000491. The van der Waals surface area contributed by atoms with E-state index in [4.69, 9.17) is 0 Å². The molecule has 0 spiro atoms. The minimum Gasteiger partial charge on any atom is -0.340 e. The van der Waals surface area contributed by atoms with Crippen molar-refractivity contribution in [2.24, 2.45) is 11.8 Å². The molecule has 2 aliphatic rings. The van der Waals surface area contributed by atoms with Crippen molar-refractivity contribution in [1.29, 1.82) is 0 Å². The van der Waals surface area contributed by atoms with Gasteiger partial charge in [-0.2, -0.15) is 0 Å². The molecule has 20 heavy (non-hydrogen) atoms. The Balaban J connectivity index is 2.34. The van der Waals surface area contributed by atoms with Gasteiger partial charge in [0.1, 0.15) is 11.6 Å². The lowest BCUT2D eigenvalue weighted by Gasteiger charge is -2.48. The molecule has 4 heteroatoms. The maximum atomic E-state index is 13.0. The number of nitrogens with zero attached hydrogens (tertiary/aromatic N) is 1. The summed E-state index contributed by atoms with van der Waals surface area (Å²) in [6.45, 7) is 10.3. The van der Waals surface area contributed by atoms with E-state index in [0.717, 1.165) is 12.8 Å². The molecule has 1 N–H and O–H groups in total. The predicted molar refractivity (Wildman–Crippen MR) is 79.1 cm³/mol. The van der Waals surface area contributed by atoms with Gasteiger partial charge in [0.05, 0.1) is 0 Å². The molecular formula is C16H28N2O2. The molecule has 1 heterocycles. The number of rotatable bonds is 3. The number of hydrogen-bond acceptors (Lipinski definition) is 2. The van der Waals surface area contributed by atoms with Crippen molar-refractivity contribution in [2.45, 2.75) is 77.9 Å². The molecule has 2 amide bonds. The summed E-state index contributed by atoms with van der Waals surface area (Å²) in [5.41, 5.74) is -0.685. The molecule has 4 nitrogen and oxygen atoms in total. The van der Waals surface area contributed by atoms with Gasteiger partial charge in [-0.3, -0.25) is 9.59 Å². The van der Waals surface area contributed by atoms with Crippen LogP contribution in [0, 0.1) is 11.8 Å². The van der Waals surface area contributed by atoms with Crippen molar-refractivity contribution < 1.29 is 9.59 Å². The van der Waals surface area contributed by atoms with E-state index < -0.39 is 5.54 Å². The van der Waals surface area contributed by atoms with Crippen LogP contribution in [0.2, 0.25) is 0 Å². The van der Waals surface area contributed by atoms with Crippen LogP contribution in [0.25, 0.3) is 0 Å². The Morgan fingerprint density at radius 1 is 1.15 bits per heavy atom. The van der Waals surface area contributed by atoms with Crippen LogP contribution in [0.4, 0.5) is 0 Å². The van der Waals surface area contributed by atoms with E-state index >= 15 is 0 Å². The first-order valence-corrected chi connectivity index (χ1v) is 8.02.